The topological polar surface area (TPSA) is 12.0 Å². The summed E-state index contributed by atoms with van der Waals surface area (Å²) in [6.45, 7) is 3.78. The van der Waals surface area contributed by atoms with Crippen LogP contribution in [0.4, 0.5) is 8.78 Å². The van der Waals surface area contributed by atoms with E-state index in [1.165, 1.54) is 12.1 Å². The van der Waals surface area contributed by atoms with Gasteiger partial charge in [0.05, 0.1) is 4.47 Å². The second kappa shape index (κ2) is 5.66. The van der Waals surface area contributed by atoms with Gasteiger partial charge in [0, 0.05) is 12.1 Å². The SMILES string of the molecule is CCNCC1(Cc2c(F)ccc(Br)c2F)CCC1. The van der Waals surface area contributed by atoms with Crippen molar-refractivity contribution in [1.29, 1.82) is 0 Å². The summed E-state index contributed by atoms with van der Waals surface area (Å²) < 4.78 is 28.1. The molecule has 1 aromatic rings. The third-order valence-electron chi connectivity index (χ3n) is 3.85. The van der Waals surface area contributed by atoms with Crippen molar-refractivity contribution in [2.45, 2.75) is 32.6 Å². The van der Waals surface area contributed by atoms with Crippen molar-refractivity contribution in [2.75, 3.05) is 13.1 Å². The molecule has 1 fully saturated rings. The molecule has 18 heavy (non-hydrogen) atoms. The molecule has 0 spiro atoms. The molecular weight excluding hydrogens is 300 g/mol. The van der Waals surface area contributed by atoms with Gasteiger partial charge in [-0.2, -0.15) is 0 Å². The van der Waals surface area contributed by atoms with Crippen molar-refractivity contribution in [3.63, 3.8) is 0 Å². The molecule has 0 radical (unpaired) electrons. The fourth-order valence-electron chi connectivity index (χ4n) is 2.59. The molecule has 0 atom stereocenters. The number of nitrogens with one attached hydrogen (secondary N) is 1. The second-order valence-corrected chi connectivity index (χ2v) is 5.99. The van der Waals surface area contributed by atoms with E-state index >= 15 is 0 Å². The molecule has 0 bridgehead atoms. The summed E-state index contributed by atoms with van der Waals surface area (Å²) in [4.78, 5) is 0. The third-order valence-corrected chi connectivity index (χ3v) is 4.47. The van der Waals surface area contributed by atoms with E-state index in [2.05, 4.69) is 21.2 Å². The van der Waals surface area contributed by atoms with Crippen LogP contribution < -0.4 is 5.32 Å². The lowest BCUT2D eigenvalue weighted by Crippen LogP contribution is -2.42. The number of rotatable bonds is 5. The summed E-state index contributed by atoms with van der Waals surface area (Å²) in [6, 6.07) is 2.76. The molecule has 100 valence electrons. The highest BCUT2D eigenvalue weighted by atomic mass is 79.9. The predicted molar refractivity (Wildman–Crippen MR) is 72.6 cm³/mol. The molecule has 1 aromatic carbocycles. The van der Waals surface area contributed by atoms with Crippen LogP contribution in [0.1, 0.15) is 31.7 Å². The van der Waals surface area contributed by atoms with E-state index in [1.807, 2.05) is 6.92 Å². The van der Waals surface area contributed by atoms with Crippen LogP contribution in [0.25, 0.3) is 0 Å². The standard InChI is InChI=1S/C14H18BrF2N/c1-2-18-9-14(6-3-7-14)8-10-12(16)5-4-11(15)13(10)17/h4-5,18H,2-3,6-9H2,1H3. The van der Waals surface area contributed by atoms with Gasteiger partial charge in [-0.25, -0.2) is 8.78 Å². The van der Waals surface area contributed by atoms with Crippen molar-refractivity contribution in [3.05, 3.63) is 33.8 Å². The van der Waals surface area contributed by atoms with E-state index in [9.17, 15) is 8.78 Å². The maximum absolute atomic E-state index is 14.0. The molecule has 0 aromatic heterocycles. The van der Waals surface area contributed by atoms with E-state index < -0.39 is 11.6 Å². The minimum Gasteiger partial charge on any atom is -0.316 e. The normalized spacial score (nSPS) is 17.6. The smallest absolute Gasteiger partial charge is 0.143 e. The third kappa shape index (κ3) is 2.75. The van der Waals surface area contributed by atoms with Gasteiger partial charge in [-0.05, 0) is 59.3 Å². The molecule has 4 heteroatoms. The zero-order chi connectivity index (χ0) is 13.2. The average molecular weight is 318 g/mol. The second-order valence-electron chi connectivity index (χ2n) is 5.13. The Kier molecular flexibility index (Phi) is 4.38. The van der Waals surface area contributed by atoms with Crippen LogP contribution in [-0.2, 0) is 6.42 Å². The molecule has 1 aliphatic carbocycles. The lowest BCUT2D eigenvalue weighted by atomic mass is 9.65. The quantitative estimate of drug-likeness (QED) is 0.808. The maximum Gasteiger partial charge on any atom is 0.143 e. The molecule has 1 nitrogen and oxygen atoms in total. The van der Waals surface area contributed by atoms with Gasteiger partial charge in [-0.3, -0.25) is 0 Å². The van der Waals surface area contributed by atoms with Gasteiger partial charge in [-0.15, -0.1) is 0 Å². The molecule has 1 N–H and O–H groups in total. The molecule has 2 rings (SSSR count). The molecule has 0 saturated heterocycles. The Bertz CT molecular complexity index is 430. The zero-order valence-corrected chi connectivity index (χ0v) is 12.1. The lowest BCUT2D eigenvalue weighted by molar-refractivity contribution is 0.128. The van der Waals surface area contributed by atoms with Crippen LogP contribution in [0, 0.1) is 17.0 Å². The molecule has 0 heterocycles. The van der Waals surface area contributed by atoms with Crippen molar-refractivity contribution < 1.29 is 8.78 Å². The first-order chi connectivity index (χ1) is 8.58. The predicted octanol–water partition coefficient (Wildman–Crippen LogP) is 4.05. The molecule has 1 aliphatic rings. The van der Waals surface area contributed by atoms with Crippen LogP contribution in [0.3, 0.4) is 0 Å². The number of halogens is 3. The van der Waals surface area contributed by atoms with E-state index in [-0.39, 0.29) is 11.0 Å². The Hall–Kier alpha value is -0.480. The van der Waals surface area contributed by atoms with Gasteiger partial charge >= 0.3 is 0 Å². The fourth-order valence-corrected chi connectivity index (χ4v) is 2.96. The molecule has 0 unspecified atom stereocenters. The summed E-state index contributed by atoms with van der Waals surface area (Å²) in [5, 5.41) is 3.31. The first kappa shape index (κ1) is 13.9. The lowest BCUT2D eigenvalue weighted by Gasteiger charge is -2.42. The first-order valence-electron chi connectivity index (χ1n) is 6.41. The maximum atomic E-state index is 14.0. The van der Waals surface area contributed by atoms with Crippen molar-refractivity contribution >= 4 is 15.9 Å². The van der Waals surface area contributed by atoms with Crippen molar-refractivity contribution in [2.24, 2.45) is 5.41 Å². The Morgan fingerprint density at radius 3 is 2.61 bits per heavy atom. The summed E-state index contributed by atoms with van der Waals surface area (Å²) >= 11 is 3.12. The van der Waals surface area contributed by atoms with Crippen LogP contribution in [-0.4, -0.2) is 13.1 Å². The van der Waals surface area contributed by atoms with Crippen molar-refractivity contribution in [3.8, 4) is 0 Å². The van der Waals surface area contributed by atoms with Gasteiger partial charge in [0.1, 0.15) is 11.6 Å². The Balaban J connectivity index is 2.19. The van der Waals surface area contributed by atoms with Gasteiger partial charge < -0.3 is 5.32 Å². The van der Waals surface area contributed by atoms with Crippen LogP contribution >= 0.6 is 15.9 Å². The van der Waals surface area contributed by atoms with Gasteiger partial charge in [0.15, 0.2) is 0 Å². The van der Waals surface area contributed by atoms with Gasteiger partial charge in [0.2, 0.25) is 0 Å². The first-order valence-corrected chi connectivity index (χ1v) is 7.20. The minimum atomic E-state index is -0.447. The summed E-state index contributed by atoms with van der Waals surface area (Å²) in [6.07, 6.45) is 3.73. The molecule has 1 saturated carbocycles. The van der Waals surface area contributed by atoms with E-state index in [4.69, 9.17) is 0 Å². The molecule has 0 aliphatic heterocycles. The minimum absolute atomic E-state index is 0.0402. The highest BCUT2D eigenvalue weighted by Crippen LogP contribution is 2.44. The van der Waals surface area contributed by atoms with E-state index in [1.54, 1.807) is 0 Å². The summed E-state index contributed by atoms with van der Waals surface area (Å²) in [5.74, 6) is -0.878. The average Bonchev–Trinajstić information content (AvgIpc) is 2.31. The van der Waals surface area contributed by atoms with Gasteiger partial charge in [-0.1, -0.05) is 13.3 Å². The van der Waals surface area contributed by atoms with E-state index in [0.717, 1.165) is 32.4 Å². The van der Waals surface area contributed by atoms with Crippen molar-refractivity contribution in [1.82, 2.24) is 5.32 Å². The largest absolute Gasteiger partial charge is 0.316 e. The molecule has 0 amide bonds. The van der Waals surface area contributed by atoms with Crippen LogP contribution in [0.5, 0.6) is 0 Å². The van der Waals surface area contributed by atoms with Crippen LogP contribution in [0.15, 0.2) is 16.6 Å². The Morgan fingerprint density at radius 1 is 1.33 bits per heavy atom. The van der Waals surface area contributed by atoms with Gasteiger partial charge in [0.25, 0.3) is 0 Å². The van der Waals surface area contributed by atoms with Crippen LogP contribution in [0.2, 0.25) is 0 Å². The zero-order valence-electron chi connectivity index (χ0n) is 10.5. The highest BCUT2D eigenvalue weighted by Gasteiger charge is 2.38. The summed E-state index contributed by atoms with van der Waals surface area (Å²) in [7, 11) is 0. The fraction of sp³-hybridized carbons (Fsp3) is 0.571. The molecular formula is C14H18BrF2N. The Morgan fingerprint density at radius 2 is 2.06 bits per heavy atom. The number of hydrogen-bond donors (Lipinski definition) is 1. The monoisotopic (exact) mass is 317 g/mol. The van der Waals surface area contributed by atoms with E-state index in [0.29, 0.717) is 10.9 Å². The number of hydrogen-bond acceptors (Lipinski definition) is 1. The Labute approximate surface area is 115 Å². The summed E-state index contributed by atoms with van der Waals surface area (Å²) in [5.41, 5.74) is 0.264. The number of benzene rings is 1. The highest BCUT2D eigenvalue weighted by molar-refractivity contribution is 9.10.